The normalized spacial score (nSPS) is 11.6. The van der Waals surface area contributed by atoms with Crippen molar-refractivity contribution >= 4 is 41.3 Å². The van der Waals surface area contributed by atoms with Gasteiger partial charge in [-0.25, -0.2) is 10.2 Å². The highest BCUT2D eigenvalue weighted by atomic mass is 35.5. The number of halogens is 2. The van der Waals surface area contributed by atoms with Gasteiger partial charge in [0.2, 0.25) is 0 Å². The monoisotopic (exact) mass is 530 g/mol. The Morgan fingerprint density at radius 1 is 1.00 bits per heavy atom. The number of rotatable bonds is 10. The quantitative estimate of drug-likeness (QED) is 0.160. The lowest BCUT2D eigenvalue weighted by Gasteiger charge is -2.14. The van der Waals surface area contributed by atoms with Crippen molar-refractivity contribution in [2.24, 2.45) is 5.10 Å². The third-order valence-corrected chi connectivity index (χ3v) is 5.28. The summed E-state index contributed by atoms with van der Waals surface area (Å²) in [5, 5.41) is 4.72. The molecule has 0 heterocycles. The van der Waals surface area contributed by atoms with E-state index >= 15 is 0 Å². The van der Waals surface area contributed by atoms with Gasteiger partial charge in [-0.05, 0) is 80.1 Å². The Hall–Kier alpha value is -3.75. The van der Waals surface area contributed by atoms with E-state index in [-0.39, 0.29) is 5.75 Å². The van der Waals surface area contributed by atoms with Crippen molar-refractivity contribution in [3.8, 4) is 23.0 Å². The second kappa shape index (κ2) is 12.8. The third-order valence-electron chi connectivity index (χ3n) is 4.75. The molecule has 3 aromatic carbocycles. The first-order valence-electron chi connectivity index (χ1n) is 10.9. The maximum absolute atomic E-state index is 12.5. The minimum absolute atomic E-state index is 0.251. The molecule has 0 fully saturated rings. The number of hydrogen-bond acceptors (Lipinski definition) is 7. The fraction of sp³-hybridized carbons (Fsp3) is 0.192. The SMILES string of the molecule is CCOc1cc(/C=N/NC(=O)C(C)Oc2ccc(Cl)cc2Cl)ccc1OC(=O)c1ccc(OC)cc1. The summed E-state index contributed by atoms with van der Waals surface area (Å²) in [6.45, 7) is 3.73. The third kappa shape index (κ3) is 7.37. The van der Waals surface area contributed by atoms with Crippen LogP contribution in [0.4, 0.5) is 0 Å². The van der Waals surface area contributed by atoms with Crippen molar-refractivity contribution in [3.63, 3.8) is 0 Å². The zero-order valence-electron chi connectivity index (χ0n) is 19.8. The summed E-state index contributed by atoms with van der Waals surface area (Å²) in [6, 6.07) is 16.2. The van der Waals surface area contributed by atoms with Crippen LogP contribution in [0.15, 0.2) is 65.8 Å². The zero-order valence-corrected chi connectivity index (χ0v) is 21.3. The number of carbonyl (C=O) groups is 2. The largest absolute Gasteiger partial charge is 0.497 e. The van der Waals surface area contributed by atoms with Crippen LogP contribution >= 0.6 is 23.2 Å². The zero-order chi connectivity index (χ0) is 26.1. The van der Waals surface area contributed by atoms with Crippen LogP contribution in [0.25, 0.3) is 0 Å². The van der Waals surface area contributed by atoms with Gasteiger partial charge in [-0.3, -0.25) is 4.79 Å². The van der Waals surface area contributed by atoms with Crippen LogP contribution in [0.1, 0.15) is 29.8 Å². The number of esters is 1. The molecular weight excluding hydrogens is 507 g/mol. The lowest BCUT2D eigenvalue weighted by atomic mass is 10.2. The van der Waals surface area contributed by atoms with Gasteiger partial charge in [0.1, 0.15) is 11.5 Å². The number of ether oxygens (including phenoxy) is 4. The van der Waals surface area contributed by atoms with Gasteiger partial charge in [0.25, 0.3) is 5.91 Å². The van der Waals surface area contributed by atoms with E-state index in [1.54, 1.807) is 68.6 Å². The standard InChI is InChI=1S/C26H24Cl2N2O6/c1-4-34-24-13-17(5-11-23(24)36-26(32)18-6-9-20(33-3)10-7-18)15-29-30-25(31)16(2)35-22-12-8-19(27)14-21(22)28/h5-16H,4H2,1-3H3,(H,30,31)/b29-15+. The molecule has 1 N–H and O–H groups in total. The molecule has 0 saturated carbocycles. The van der Waals surface area contributed by atoms with Gasteiger partial charge < -0.3 is 18.9 Å². The van der Waals surface area contributed by atoms with E-state index in [2.05, 4.69) is 10.5 Å². The lowest BCUT2D eigenvalue weighted by molar-refractivity contribution is -0.127. The highest BCUT2D eigenvalue weighted by molar-refractivity contribution is 6.35. The average molecular weight is 531 g/mol. The predicted octanol–water partition coefficient (Wildman–Crippen LogP) is 5.54. The molecule has 3 rings (SSSR count). The van der Waals surface area contributed by atoms with Crippen LogP contribution in [0.5, 0.6) is 23.0 Å². The highest BCUT2D eigenvalue weighted by Gasteiger charge is 2.16. The van der Waals surface area contributed by atoms with Gasteiger partial charge in [0, 0.05) is 5.02 Å². The van der Waals surface area contributed by atoms with Crippen LogP contribution < -0.4 is 24.4 Å². The predicted molar refractivity (Wildman–Crippen MR) is 138 cm³/mol. The summed E-state index contributed by atoms with van der Waals surface area (Å²) in [6.07, 6.45) is 0.567. The Morgan fingerprint density at radius 3 is 2.39 bits per heavy atom. The van der Waals surface area contributed by atoms with Gasteiger partial charge in [0.05, 0.1) is 30.5 Å². The smallest absolute Gasteiger partial charge is 0.343 e. The Balaban J connectivity index is 1.63. The highest BCUT2D eigenvalue weighted by Crippen LogP contribution is 2.30. The molecule has 0 aliphatic carbocycles. The summed E-state index contributed by atoms with van der Waals surface area (Å²) in [4.78, 5) is 24.8. The molecule has 0 spiro atoms. The van der Waals surface area contributed by atoms with E-state index in [0.717, 1.165) is 0 Å². The molecule has 10 heteroatoms. The maximum Gasteiger partial charge on any atom is 0.343 e. The molecule has 0 bridgehead atoms. The second-order valence-corrected chi connectivity index (χ2v) is 8.17. The number of benzene rings is 3. The second-order valence-electron chi connectivity index (χ2n) is 7.33. The molecule has 0 aliphatic rings. The van der Waals surface area contributed by atoms with E-state index in [0.29, 0.717) is 45.0 Å². The molecule has 0 aromatic heterocycles. The van der Waals surface area contributed by atoms with Crippen LogP contribution in [-0.4, -0.2) is 37.9 Å². The number of carbonyl (C=O) groups excluding carboxylic acids is 2. The van der Waals surface area contributed by atoms with Crippen molar-refractivity contribution < 1.29 is 28.5 Å². The van der Waals surface area contributed by atoms with Crippen molar-refractivity contribution in [1.29, 1.82) is 0 Å². The summed E-state index contributed by atoms with van der Waals surface area (Å²) in [7, 11) is 1.55. The molecule has 8 nitrogen and oxygen atoms in total. The molecule has 1 unspecified atom stereocenters. The van der Waals surface area contributed by atoms with E-state index < -0.39 is 18.0 Å². The molecule has 0 radical (unpaired) electrons. The van der Waals surface area contributed by atoms with E-state index in [1.165, 1.54) is 12.3 Å². The van der Waals surface area contributed by atoms with Crippen LogP contribution in [0.2, 0.25) is 10.0 Å². The van der Waals surface area contributed by atoms with Crippen molar-refractivity contribution in [1.82, 2.24) is 5.43 Å². The van der Waals surface area contributed by atoms with Crippen molar-refractivity contribution in [3.05, 3.63) is 81.8 Å². The fourth-order valence-corrected chi connectivity index (χ4v) is 3.37. The first-order valence-corrected chi connectivity index (χ1v) is 11.6. The number of hydrogen-bond donors (Lipinski definition) is 1. The van der Waals surface area contributed by atoms with E-state index in [9.17, 15) is 9.59 Å². The summed E-state index contributed by atoms with van der Waals surface area (Å²) < 4.78 is 21.8. The topological polar surface area (TPSA) is 95.5 Å². The fourth-order valence-electron chi connectivity index (χ4n) is 2.92. The molecule has 0 saturated heterocycles. The van der Waals surface area contributed by atoms with Crippen molar-refractivity contribution in [2.45, 2.75) is 20.0 Å². The van der Waals surface area contributed by atoms with E-state index in [4.69, 9.17) is 42.1 Å². The molecule has 36 heavy (non-hydrogen) atoms. The molecule has 188 valence electrons. The Labute approximate surface area is 218 Å². The Bertz CT molecular complexity index is 1250. The number of nitrogens with one attached hydrogen (secondary N) is 1. The Kier molecular flexibility index (Phi) is 9.55. The van der Waals surface area contributed by atoms with E-state index in [1.807, 2.05) is 6.92 Å². The molecule has 0 aliphatic heterocycles. The number of methoxy groups -OCH3 is 1. The first-order chi connectivity index (χ1) is 17.3. The number of nitrogens with zero attached hydrogens (tertiary/aromatic N) is 1. The van der Waals surface area contributed by atoms with Crippen molar-refractivity contribution in [2.75, 3.05) is 13.7 Å². The van der Waals surface area contributed by atoms with Crippen LogP contribution in [0, 0.1) is 0 Å². The lowest BCUT2D eigenvalue weighted by Crippen LogP contribution is -2.33. The Morgan fingerprint density at radius 2 is 1.72 bits per heavy atom. The van der Waals surface area contributed by atoms with Gasteiger partial charge in [-0.1, -0.05) is 23.2 Å². The van der Waals surface area contributed by atoms with Crippen LogP contribution in [0.3, 0.4) is 0 Å². The summed E-state index contributed by atoms with van der Waals surface area (Å²) in [5.74, 6) is 0.541. The minimum Gasteiger partial charge on any atom is -0.497 e. The van der Waals surface area contributed by atoms with Crippen LogP contribution in [-0.2, 0) is 4.79 Å². The van der Waals surface area contributed by atoms with Gasteiger partial charge in [-0.2, -0.15) is 5.10 Å². The molecule has 1 atom stereocenters. The van der Waals surface area contributed by atoms with Gasteiger partial charge in [0.15, 0.2) is 17.6 Å². The summed E-state index contributed by atoms with van der Waals surface area (Å²) >= 11 is 11.9. The first kappa shape index (κ1) is 26.8. The minimum atomic E-state index is -0.862. The number of hydrazone groups is 1. The van der Waals surface area contributed by atoms with Gasteiger partial charge in [-0.15, -0.1) is 0 Å². The average Bonchev–Trinajstić information content (AvgIpc) is 2.87. The number of amides is 1. The van der Waals surface area contributed by atoms with Gasteiger partial charge >= 0.3 is 5.97 Å². The summed E-state index contributed by atoms with van der Waals surface area (Å²) in [5.41, 5.74) is 3.38. The molecule has 3 aromatic rings. The molecular formula is C26H24Cl2N2O6. The molecule has 1 amide bonds. The maximum atomic E-state index is 12.5.